The number of nitrogens with zero attached hydrogens (tertiary/aromatic N) is 3. The van der Waals surface area contributed by atoms with Gasteiger partial charge in [-0.25, -0.2) is 18.2 Å². The number of fused-ring (bicyclic) bond motifs is 1. The van der Waals surface area contributed by atoms with Crippen molar-refractivity contribution in [2.24, 2.45) is 5.41 Å². The molecule has 0 amide bonds. The molecular formula is C30H31Cl2N3O6S. The lowest BCUT2D eigenvalue weighted by atomic mass is 9.86. The molecule has 1 atom stereocenters. The molecule has 222 valence electrons. The average molecular weight is 633 g/mol. The summed E-state index contributed by atoms with van der Waals surface area (Å²) in [5, 5.41) is 11.2. The van der Waals surface area contributed by atoms with Crippen LogP contribution < -0.4 is 9.04 Å². The topological polar surface area (TPSA) is 111 Å². The molecule has 2 aromatic heterocycles. The predicted octanol–water partition coefficient (Wildman–Crippen LogP) is 6.58. The zero-order valence-electron chi connectivity index (χ0n) is 23.3. The molecule has 1 saturated heterocycles. The van der Waals surface area contributed by atoms with E-state index in [4.69, 9.17) is 32.7 Å². The normalized spacial score (nSPS) is 15.5. The number of hydrogen-bond donors (Lipinski definition) is 1. The molecule has 1 aliphatic rings. The van der Waals surface area contributed by atoms with Gasteiger partial charge in [0.15, 0.2) is 0 Å². The van der Waals surface area contributed by atoms with Gasteiger partial charge in [-0.05, 0) is 60.0 Å². The second kappa shape index (κ2) is 11.8. The summed E-state index contributed by atoms with van der Waals surface area (Å²) in [6.45, 7) is 6.39. The van der Waals surface area contributed by atoms with Crippen molar-refractivity contribution in [3.05, 3.63) is 77.0 Å². The number of aromatic nitrogens is 2. The Morgan fingerprint density at radius 2 is 1.76 bits per heavy atom. The Hall–Kier alpha value is -3.31. The standard InChI is InChI=1S/C30H31Cl2N3O6S/c1-30(2,3)28(29(36)37)35(42(38,39)25-16-20(31)15-21(32)17-25)22-4-6-26-19(14-22)8-11-34(26)27-7-5-24(18-33-27)41-23-9-12-40-13-10-23/h4-8,11,14-18,23,28H,9-10,12-13H2,1-3H3,(H,36,37). The van der Waals surface area contributed by atoms with Crippen LogP contribution in [0.4, 0.5) is 5.69 Å². The van der Waals surface area contributed by atoms with Gasteiger partial charge >= 0.3 is 5.97 Å². The number of aliphatic carboxylic acids is 1. The van der Waals surface area contributed by atoms with Gasteiger partial charge in [-0.15, -0.1) is 0 Å². The average Bonchev–Trinajstić information content (AvgIpc) is 3.34. The van der Waals surface area contributed by atoms with Crippen LogP contribution in [0, 0.1) is 5.41 Å². The summed E-state index contributed by atoms with van der Waals surface area (Å²) >= 11 is 12.3. The third-order valence-electron chi connectivity index (χ3n) is 7.05. The van der Waals surface area contributed by atoms with E-state index < -0.39 is 27.4 Å². The van der Waals surface area contributed by atoms with E-state index in [-0.39, 0.29) is 26.7 Å². The number of ether oxygens (including phenoxy) is 2. The number of hydrogen-bond acceptors (Lipinski definition) is 6. The van der Waals surface area contributed by atoms with Gasteiger partial charge in [0.25, 0.3) is 10.0 Å². The first-order valence-electron chi connectivity index (χ1n) is 13.4. The number of rotatable bonds is 8. The molecule has 1 fully saturated rings. The lowest BCUT2D eigenvalue weighted by Crippen LogP contribution is -2.52. The van der Waals surface area contributed by atoms with E-state index in [9.17, 15) is 18.3 Å². The van der Waals surface area contributed by atoms with Crippen molar-refractivity contribution >= 4 is 55.8 Å². The summed E-state index contributed by atoms with van der Waals surface area (Å²) in [7, 11) is -4.41. The Morgan fingerprint density at radius 3 is 2.36 bits per heavy atom. The van der Waals surface area contributed by atoms with Crippen LogP contribution >= 0.6 is 23.2 Å². The highest BCUT2D eigenvalue weighted by atomic mass is 35.5. The number of halogens is 2. The molecule has 9 nitrogen and oxygen atoms in total. The van der Waals surface area contributed by atoms with Crippen LogP contribution in [0.5, 0.6) is 5.75 Å². The Labute approximate surface area is 254 Å². The lowest BCUT2D eigenvalue weighted by Gasteiger charge is -2.37. The minimum atomic E-state index is -4.41. The Morgan fingerprint density at radius 1 is 1.07 bits per heavy atom. The van der Waals surface area contributed by atoms with Gasteiger partial charge in [0.1, 0.15) is 23.7 Å². The monoisotopic (exact) mass is 631 g/mol. The van der Waals surface area contributed by atoms with E-state index >= 15 is 0 Å². The SMILES string of the molecule is CC(C)(C)C(C(=O)O)N(c1ccc2c(ccn2-c2ccc(OC3CCOCC3)cn2)c1)S(=O)(=O)c1cc(Cl)cc(Cl)c1. The Balaban J connectivity index is 1.54. The number of anilines is 1. The van der Waals surface area contributed by atoms with Gasteiger partial charge in [0.05, 0.1) is 35.5 Å². The quantitative estimate of drug-likeness (QED) is 0.234. The fraction of sp³-hybridized carbons (Fsp3) is 0.333. The van der Waals surface area contributed by atoms with Gasteiger partial charge in [-0.2, -0.15) is 0 Å². The van der Waals surface area contributed by atoms with Gasteiger partial charge in [-0.3, -0.25) is 4.31 Å². The third-order valence-corrected chi connectivity index (χ3v) is 9.26. The zero-order valence-corrected chi connectivity index (χ0v) is 25.7. The van der Waals surface area contributed by atoms with Crippen molar-refractivity contribution in [1.82, 2.24) is 9.55 Å². The highest BCUT2D eigenvalue weighted by Gasteiger charge is 2.43. The van der Waals surface area contributed by atoms with Crippen LogP contribution in [0.1, 0.15) is 33.6 Å². The van der Waals surface area contributed by atoms with Crippen LogP contribution in [0.15, 0.2) is 71.9 Å². The fourth-order valence-electron chi connectivity index (χ4n) is 5.08. The van der Waals surface area contributed by atoms with Gasteiger partial charge in [0.2, 0.25) is 0 Å². The van der Waals surface area contributed by atoms with Crippen molar-refractivity contribution in [3.63, 3.8) is 0 Å². The minimum absolute atomic E-state index is 0.0992. The van der Waals surface area contributed by atoms with Crippen LogP contribution in [0.2, 0.25) is 10.0 Å². The maximum atomic E-state index is 14.1. The van der Waals surface area contributed by atoms with Crippen molar-refractivity contribution in [2.45, 2.75) is 50.7 Å². The molecule has 1 N–H and O–H groups in total. The molecule has 42 heavy (non-hydrogen) atoms. The van der Waals surface area contributed by atoms with Crippen LogP contribution in [-0.4, -0.2) is 54.4 Å². The zero-order chi connectivity index (χ0) is 30.2. The van der Waals surface area contributed by atoms with E-state index in [1.54, 1.807) is 45.2 Å². The van der Waals surface area contributed by atoms with E-state index in [1.807, 2.05) is 29.0 Å². The maximum absolute atomic E-state index is 14.1. The number of carboxylic acids is 1. The molecule has 0 aliphatic carbocycles. The second-order valence-corrected chi connectivity index (χ2v) is 13.9. The van der Waals surface area contributed by atoms with Gasteiger partial charge in [-0.1, -0.05) is 44.0 Å². The molecule has 1 unspecified atom stereocenters. The first-order valence-corrected chi connectivity index (χ1v) is 15.6. The number of sulfonamides is 1. The molecule has 0 saturated carbocycles. The Bertz CT molecular complexity index is 1690. The predicted molar refractivity (Wildman–Crippen MR) is 163 cm³/mol. The highest BCUT2D eigenvalue weighted by Crippen LogP contribution is 2.37. The smallest absolute Gasteiger partial charge is 0.328 e. The largest absolute Gasteiger partial charge is 0.489 e. The van der Waals surface area contributed by atoms with E-state index in [0.717, 1.165) is 22.7 Å². The number of pyridine rings is 1. The van der Waals surface area contributed by atoms with Crippen molar-refractivity contribution in [1.29, 1.82) is 0 Å². The molecule has 3 heterocycles. The fourth-order valence-corrected chi connectivity index (χ4v) is 7.59. The molecular weight excluding hydrogens is 601 g/mol. The molecule has 1 aliphatic heterocycles. The van der Waals surface area contributed by atoms with Crippen molar-refractivity contribution in [3.8, 4) is 11.6 Å². The first kappa shape index (κ1) is 30.2. The number of carbonyl (C=O) groups is 1. The molecule has 5 rings (SSSR count). The lowest BCUT2D eigenvalue weighted by molar-refractivity contribution is -0.140. The number of carboxylic acid groups (broad SMARTS) is 1. The van der Waals surface area contributed by atoms with E-state index in [2.05, 4.69) is 4.98 Å². The molecule has 0 radical (unpaired) electrons. The summed E-state index contributed by atoms with van der Waals surface area (Å²) in [5.41, 5.74) is -0.0254. The Kier molecular flexibility index (Phi) is 8.44. The summed E-state index contributed by atoms with van der Waals surface area (Å²) in [6.07, 6.45) is 5.27. The summed E-state index contributed by atoms with van der Waals surface area (Å²) in [4.78, 5) is 17.0. The molecule has 4 aromatic rings. The van der Waals surface area contributed by atoms with Crippen molar-refractivity contribution in [2.75, 3.05) is 17.5 Å². The second-order valence-electron chi connectivity index (χ2n) is 11.2. The number of benzene rings is 2. The molecule has 0 spiro atoms. The van der Waals surface area contributed by atoms with E-state index in [0.29, 0.717) is 30.2 Å². The van der Waals surface area contributed by atoms with Crippen LogP contribution in [0.3, 0.4) is 0 Å². The van der Waals surface area contributed by atoms with Crippen molar-refractivity contribution < 1.29 is 27.8 Å². The summed E-state index contributed by atoms with van der Waals surface area (Å²) in [5.74, 6) is 0.0330. The van der Waals surface area contributed by atoms with Gasteiger partial charge in [0, 0.05) is 34.5 Å². The third kappa shape index (κ3) is 6.22. The van der Waals surface area contributed by atoms with Gasteiger partial charge < -0.3 is 19.1 Å². The summed E-state index contributed by atoms with van der Waals surface area (Å²) in [6, 6.07) is 13.0. The van der Waals surface area contributed by atoms with E-state index in [1.165, 1.54) is 18.2 Å². The molecule has 2 aromatic carbocycles. The highest BCUT2D eigenvalue weighted by molar-refractivity contribution is 7.93. The first-order chi connectivity index (χ1) is 19.8. The molecule has 12 heteroatoms. The maximum Gasteiger partial charge on any atom is 0.328 e. The summed E-state index contributed by atoms with van der Waals surface area (Å²) < 4.78 is 42.4. The minimum Gasteiger partial charge on any atom is -0.489 e. The molecule has 0 bridgehead atoms. The van der Waals surface area contributed by atoms with Crippen LogP contribution in [0.25, 0.3) is 16.7 Å². The van der Waals surface area contributed by atoms with Crippen LogP contribution in [-0.2, 0) is 19.6 Å².